The largest absolute Gasteiger partial charge is 0.103 e. The number of rotatable bonds is 2. The van der Waals surface area contributed by atoms with Gasteiger partial charge in [-0.3, -0.25) is 0 Å². The van der Waals surface area contributed by atoms with Gasteiger partial charge in [0.25, 0.3) is 0 Å². The van der Waals surface area contributed by atoms with Crippen LogP contribution in [0.3, 0.4) is 0 Å². The normalized spacial score (nSPS) is 11.0. The fraction of sp³-hybridized carbons (Fsp3) is 0.333. The Balaban J connectivity index is 3.82. The smallest absolute Gasteiger partial charge is 0.0198 e. The lowest BCUT2D eigenvalue weighted by Gasteiger charge is -2.10. The Kier molecular flexibility index (Phi) is 2.03. The first-order chi connectivity index (χ1) is 3.12. The van der Waals surface area contributed by atoms with Crippen LogP contribution in [0.2, 0.25) is 5.04 Å². The molecule has 0 amide bonds. The summed E-state index contributed by atoms with van der Waals surface area (Å²) in [4.78, 5) is 0. The lowest BCUT2D eigenvalue weighted by Crippen LogP contribution is -1.96. The van der Waals surface area contributed by atoms with Crippen molar-refractivity contribution in [2.45, 2.75) is 12.0 Å². The van der Waals surface area contributed by atoms with E-state index < -0.39 is 0 Å². The zero-order valence-electron chi connectivity index (χ0n) is 5.07. The van der Waals surface area contributed by atoms with E-state index in [0.29, 0.717) is 0 Å². The summed E-state index contributed by atoms with van der Waals surface area (Å²) < 4.78 is 0. The van der Waals surface area contributed by atoms with E-state index in [1.165, 1.54) is 0 Å². The summed E-state index contributed by atoms with van der Waals surface area (Å²) in [7, 11) is 1.11. The van der Waals surface area contributed by atoms with E-state index in [9.17, 15) is 0 Å². The Bertz CT molecular complexity index is 72.2. The van der Waals surface area contributed by atoms with Crippen LogP contribution in [-0.2, 0) is 0 Å². The van der Waals surface area contributed by atoms with Crippen LogP contribution >= 0.6 is 0 Å². The Hall–Kier alpha value is -0.303. The Morgan fingerprint density at radius 3 is 1.71 bits per heavy atom. The van der Waals surface area contributed by atoms with E-state index in [-0.39, 0.29) is 5.04 Å². The molecule has 0 aliphatic carbocycles. The van der Waals surface area contributed by atoms with Crippen LogP contribution in [0.15, 0.2) is 25.3 Å². The number of allylic oxidation sites excluding steroid dienone is 2. The van der Waals surface area contributed by atoms with Gasteiger partial charge in [-0.05, 0) is 5.04 Å². The zero-order valence-corrected chi connectivity index (χ0v) is 7.07. The molecule has 0 saturated carbocycles. The minimum absolute atomic E-state index is 0.250. The summed E-state index contributed by atoms with van der Waals surface area (Å²) in [5.41, 5.74) is 0. The fourth-order valence-corrected chi connectivity index (χ4v) is 0.0833. The molecule has 0 aliphatic heterocycles. The average molecular weight is 112 g/mol. The van der Waals surface area contributed by atoms with Gasteiger partial charge in [0, 0.05) is 10.2 Å². The molecule has 0 bridgehead atoms. The van der Waals surface area contributed by atoms with Gasteiger partial charge in [-0.1, -0.05) is 19.1 Å². The topological polar surface area (TPSA) is 0 Å². The third-order valence-corrected chi connectivity index (χ3v) is 1.87. The van der Waals surface area contributed by atoms with Gasteiger partial charge < -0.3 is 0 Å². The first kappa shape index (κ1) is 6.70. The molecule has 40 valence electrons. The van der Waals surface area contributed by atoms with E-state index in [2.05, 4.69) is 20.1 Å². The molecule has 0 aromatic carbocycles. The van der Waals surface area contributed by atoms with Crippen molar-refractivity contribution in [2.75, 3.05) is 0 Å². The predicted octanol–water partition coefficient (Wildman–Crippen LogP) is 0.902. The quantitative estimate of drug-likeness (QED) is 0.368. The molecule has 0 unspecified atom stereocenters. The monoisotopic (exact) mass is 112 g/mol. The maximum Gasteiger partial charge on any atom is 0.0198 e. The Morgan fingerprint density at radius 2 is 1.71 bits per heavy atom. The molecule has 0 spiro atoms. The molecule has 7 heavy (non-hydrogen) atoms. The Labute approximate surface area is 48.4 Å². The third-order valence-electron chi connectivity index (χ3n) is 1.05. The van der Waals surface area contributed by atoms with Gasteiger partial charge in [0.15, 0.2) is 0 Å². The van der Waals surface area contributed by atoms with Crippen molar-refractivity contribution in [2.24, 2.45) is 0 Å². The highest BCUT2D eigenvalue weighted by Crippen LogP contribution is 2.20. The molecular formula is C6H12Si. The van der Waals surface area contributed by atoms with Gasteiger partial charge in [0.2, 0.25) is 0 Å². The molecule has 0 atom stereocenters. The Morgan fingerprint density at radius 1 is 1.43 bits per heavy atom. The summed E-state index contributed by atoms with van der Waals surface area (Å²) in [5.74, 6) is 0. The third kappa shape index (κ3) is 2.40. The maximum absolute atomic E-state index is 3.67. The van der Waals surface area contributed by atoms with Crippen molar-refractivity contribution < 1.29 is 0 Å². The maximum atomic E-state index is 3.67. The molecule has 0 heterocycles. The van der Waals surface area contributed by atoms with E-state index in [4.69, 9.17) is 0 Å². The molecule has 0 aromatic rings. The second kappa shape index (κ2) is 2.12. The van der Waals surface area contributed by atoms with Crippen LogP contribution in [0.25, 0.3) is 0 Å². The van der Waals surface area contributed by atoms with Gasteiger partial charge in [-0.2, -0.15) is 0 Å². The summed E-state index contributed by atoms with van der Waals surface area (Å²) in [6.45, 7) is 9.46. The molecule has 0 saturated heterocycles. The fourth-order valence-electron chi connectivity index (χ4n) is 0.0833. The highest BCUT2D eigenvalue weighted by molar-refractivity contribution is 6.17. The van der Waals surface area contributed by atoms with Gasteiger partial charge >= 0.3 is 0 Å². The van der Waals surface area contributed by atoms with Crippen molar-refractivity contribution in [1.82, 2.24) is 0 Å². The summed E-state index contributed by atoms with van der Waals surface area (Å²) >= 11 is 0. The van der Waals surface area contributed by atoms with Crippen LogP contribution in [0.5, 0.6) is 0 Å². The van der Waals surface area contributed by atoms with E-state index >= 15 is 0 Å². The minimum Gasteiger partial charge on any atom is -0.103 e. The van der Waals surface area contributed by atoms with Crippen LogP contribution in [0.1, 0.15) is 6.92 Å². The molecule has 0 rings (SSSR count). The number of hydrogen-bond acceptors (Lipinski definition) is 0. The van der Waals surface area contributed by atoms with Gasteiger partial charge in [-0.25, -0.2) is 0 Å². The molecule has 0 fully saturated rings. The molecule has 0 radical (unpaired) electrons. The lowest BCUT2D eigenvalue weighted by atomic mass is 10.2. The average Bonchev–Trinajstić information content (AvgIpc) is 1.68. The standard InChI is InChI=1S/C6H12Si/c1-4-6(3,7)5-2/h4-5H,1-2H2,3,7H3. The molecule has 0 aromatic heterocycles. The first-order valence-electron chi connectivity index (χ1n) is 2.39. The lowest BCUT2D eigenvalue weighted by molar-refractivity contribution is 0.976. The predicted molar refractivity (Wildman–Crippen MR) is 38.7 cm³/mol. The van der Waals surface area contributed by atoms with Crippen molar-refractivity contribution in [1.29, 1.82) is 0 Å². The van der Waals surface area contributed by atoms with Crippen molar-refractivity contribution in [3.05, 3.63) is 25.3 Å². The minimum atomic E-state index is 0.250. The molecule has 1 heteroatoms. The van der Waals surface area contributed by atoms with Gasteiger partial charge in [0.05, 0.1) is 0 Å². The highest BCUT2D eigenvalue weighted by Gasteiger charge is 2.03. The first-order valence-corrected chi connectivity index (χ1v) is 3.39. The van der Waals surface area contributed by atoms with Crippen molar-refractivity contribution in [3.63, 3.8) is 0 Å². The van der Waals surface area contributed by atoms with Crippen LogP contribution in [-0.4, -0.2) is 10.2 Å². The number of hydrogen-bond donors (Lipinski definition) is 0. The molecular weight excluding hydrogens is 100 g/mol. The summed E-state index contributed by atoms with van der Waals surface area (Å²) in [6.07, 6.45) is 3.87. The zero-order chi connectivity index (χ0) is 5.91. The highest BCUT2D eigenvalue weighted by atomic mass is 28.1. The van der Waals surface area contributed by atoms with E-state index in [1.54, 1.807) is 0 Å². The van der Waals surface area contributed by atoms with Gasteiger partial charge in [0.1, 0.15) is 0 Å². The van der Waals surface area contributed by atoms with Crippen molar-refractivity contribution in [3.8, 4) is 0 Å². The van der Waals surface area contributed by atoms with Crippen molar-refractivity contribution >= 4 is 10.2 Å². The van der Waals surface area contributed by atoms with Crippen LogP contribution in [0, 0.1) is 0 Å². The SMILES string of the molecule is C=CC(C)([SiH3])C=C. The summed E-state index contributed by atoms with van der Waals surface area (Å²) in [6, 6.07) is 0. The van der Waals surface area contributed by atoms with E-state index in [0.717, 1.165) is 10.2 Å². The molecule has 0 nitrogen and oxygen atoms in total. The summed E-state index contributed by atoms with van der Waals surface area (Å²) in [5, 5.41) is 0.250. The second-order valence-electron chi connectivity index (χ2n) is 2.23. The molecule has 0 aliphatic rings. The molecule has 0 N–H and O–H groups in total. The van der Waals surface area contributed by atoms with E-state index in [1.807, 2.05) is 12.2 Å². The van der Waals surface area contributed by atoms with Crippen LogP contribution < -0.4 is 0 Å². The second-order valence-corrected chi connectivity index (χ2v) is 4.38. The van der Waals surface area contributed by atoms with Gasteiger partial charge in [-0.15, -0.1) is 13.2 Å². The van der Waals surface area contributed by atoms with Crippen LogP contribution in [0.4, 0.5) is 0 Å².